The van der Waals surface area contributed by atoms with Gasteiger partial charge in [0, 0.05) is 19.6 Å². The molecule has 5 heteroatoms. The number of piperazine rings is 1. The Kier molecular flexibility index (Phi) is 4.80. The molecular weight excluding hydrogens is 308 g/mol. The van der Waals surface area contributed by atoms with Crippen molar-refractivity contribution in [1.82, 2.24) is 9.62 Å². The van der Waals surface area contributed by atoms with Crippen LogP contribution in [0.4, 0.5) is 0 Å². The van der Waals surface area contributed by atoms with Gasteiger partial charge in [-0.2, -0.15) is 4.31 Å². The maximum atomic E-state index is 13.0. The van der Waals surface area contributed by atoms with E-state index >= 15 is 0 Å². The minimum Gasteiger partial charge on any atom is -0.313 e. The van der Waals surface area contributed by atoms with Crippen molar-refractivity contribution in [2.24, 2.45) is 0 Å². The van der Waals surface area contributed by atoms with E-state index in [4.69, 9.17) is 0 Å². The Morgan fingerprint density at radius 3 is 2.43 bits per heavy atom. The third-order valence-electron chi connectivity index (χ3n) is 4.32. The minimum atomic E-state index is -3.48. The van der Waals surface area contributed by atoms with Crippen LogP contribution in [0.3, 0.4) is 0 Å². The Hall–Kier alpha value is -1.69. The van der Waals surface area contributed by atoms with Crippen molar-refractivity contribution in [2.45, 2.75) is 24.3 Å². The van der Waals surface area contributed by atoms with E-state index in [0.29, 0.717) is 24.5 Å². The van der Waals surface area contributed by atoms with E-state index in [1.807, 2.05) is 18.2 Å². The molecule has 4 nitrogen and oxygen atoms in total. The molecule has 1 fully saturated rings. The van der Waals surface area contributed by atoms with Crippen LogP contribution in [0.25, 0.3) is 0 Å². The molecule has 0 radical (unpaired) electrons. The largest absolute Gasteiger partial charge is 0.313 e. The summed E-state index contributed by atoms with van der Waals surface area (Å²) in [5.41, 5.74) is 2.30. The Bertz CT molecular complexity index is 742. The van der Waals surface area contributed by atoms with Crippen molar-refractivity contribution < 1.29 is 8.42 Å². The van der Waals surface area contributed by atoms with Gasteiger partial charge in [-0.3, -0.25) is 0 Å². The van der Waals surface area contributed by atoms with Gasteiger partial charge in [0.15, 0.2) is 0 Å². The molecule has 122 valence electrons. The zero-order chi connectivity index (χ0) is 16.3. The highest BCUT2D eigenvalue weighted by Gasteiger charge is 2.34. The normalized spacial score (nSPS) is 19.6. The van der Waals surface area contributed by atoms with Crippen LogP contribution in [0, 0.1) is 0 Å². The Labute approximate surface area is 138 Å². The van der Waals surface area contributed by atoms with Gasteiger partial charge in [-0.1, -0.05) is 49.4 Å². The average Bonchev–Trinajstić information content (AvgIpc) is 2.62. The van der Waals surface area contributed by atoms with Gasteiger partial charge >= 0.3 is 0 Å². The third-order valence-corrected chi connectivity index (χ3v) is 6.24. The monoisotopic (exact) mass is 330 g/mol. The number of hydrogen-bond acceptors (Lipinski definition) is 3. The fourth-order valence-corrected chi connectivity index (χ4v) is 4.60. The SMILES string of the molecule is CCc1ccc(C2CNCCN2S(=O)(=O)c2ccccc2)cc1. The molecule has 23 heavy (non-hydrogen) atoms. The molecule has 2 aromatic carbocycles. The summed E-state index contributed by atoms with van der Waals surface area (Å²) in [5.74, 6) is 0. The molecule has 0 aromatic heterocycles. The summed E-state index contributed by atoms with van der Waals surface area (Å²) in [4.78, 5) is 0.358. The van der Waals surface area contributed by atoms with Gasteiger partial charge in [0.25, 0.3) is 0 Å². The zero-order valence-electron chi connectivity index (χ0n) is 13.3. The minimum absolute atomic E-state index is 0.167. The number of nitrogens with one attached hydrogen (secondary N) is 1. The summed E-state index contributed by atoms with van der Waals surface area (Å²) in [7, 11) is -3.48. The average molecular weight is 330 g/mol. The molecule has 1 saturated heterocycles. The van der Waals surface area contributed by atoms with Crippen molar-refractivity contribution >= 4 is 10.0 Å². The summed E-state index contributed by atoms with van der Waals surface area (Å²) in [5, 5.41) is 3.31. The molecule has 1 heterocycles. The molecule has 0 bridgehead atoms. The predicted octanol–water partition coefficient (Wildman–Crippen LogP) is 2.58. The lowest BCUT2D eigenvalue weighted by molar-refractivity contribution is 0.271. The summed E-state index contributed by atoms with van der Waals surface area (Å²) in [6, 6.07) is 16.8. The highest BCUT2D eigenvalue weighted by Crippen LogP contribution is 2.29. The van der Waals surface area contributed by atoms with E-state index in [1.165, 1.54) is 5.56 Å². The predicted molar refractivity (Wildman–Crippen MR) is 91.8 cm³/mol. The molecule has 1 atom stereocenters. The van der Waals surface area contributed by atoms with Crippen molar-refractivity contribution in [1.29, 1.82) is 0 Å². The Morgan fingerprint density at radius 1 is 1.09 bits per heavy atom. The highest BCUT2D eigenvalue weighted by molar-refractivity contribution is 7.89. The Morgan fingerprint density at radius 2 is 1.78 bits per heavy atom. The molecule has 3 rings (SSSR count). The van der Waals surface area contributed by atoms with E-state index in [2.05, 4.69) is 24.4 Å². The molecule has 0 spiro atoms. The van der Waals surface area contributed by atoms with Gasteiger partial charge in [-0.15, -0.1) is 0 Å². The number of aryl methyl sites for hydroxylation is 1. The lowest BCUT2D eigenvalue weighted by atomic mass is 10.0. The maximum Gasteiger partial charge on any atom is 0.243 e. The van der Waals surface area contributed by atoms with Gasteiger partial charge < -0.3 is 5.32 Å². The molecule has 0 saturated carbocycles. The third kappa shape index (κ3) is 3.32. The second kappa shape index (κ2) is 6.83. The van der Waals surface area contributed by atoms with Crippen molar-refractivity contribution in [3.8, 4) is 0 Å². The second-order valence-corrected chi connectivity index (χ2v) is 7.63. The molecule has 1 aliphatic rings. The lowest BCUT2D eigenvalue weighted by Gasteiger charge is -2.35. The van der Waals surface area contributed by atoms with Crippen molar-refractivity contribution in [3.63, 3.8) is 0 Å². The van der Waals surface area contributed by atoms with Crippen molar-refractivity contribution in [3.05, 3.63) is 65.7 Å². The van der Waals surface area contributed by atoms with Crippen LogP contribution in [0.1, 0.15) is 24.1 Å². The number of hydrogen-bond donors (Lipinski definition) is 1. The van der Waals surface area contributed by atoms with Crippen LogP contribution >= 0.6 is 0 Å². The van der Waals surface area contributed by atoms with Crippen LogP contribution in [0.15, 0.2) is 59.5 Å². The van der Waals surface area contributed by atoms with Gasteiger partial charge in [0.2, 0.25) is 10.0 Å². The van der Waals surface area contributed by atoms with Gasteiger partial charge in [0.1, 0.15) is 0 Å². The number of sulfonamides is 1. The standard InChI is InChI=1S/C18H22N2O2S/c1-2-15-8-10-16(11-9-15)18-14-19-12-13-20(18)23(21,22)17-6-4-3-5-7-17/h3-11,18-19H,2,12-14H2,1H3. The van der Waals surface area contributed by atoms with E-state index in [9.17, 15) is 8.42 Å². The highest BCUT2D eigenvalue weighted by atomic mass is 32.2. The number of benzene rings is 2. The molecule has 1 aliphatic heterocycles. The molecular formula is C18H22N2O2S. The van der Waals surface area contributed by atoms with Gasteiger partial charge in [-0.05, 0) is 29.7 Å². The quantitative estimate of drug-likeness (QED) is 0.937. The first-order chi connectivity index (χ1) is 11.1. The summed E-state index contributed by atoms with van der Waals surface area (Å²) < 4.78 is 27.6. The number of nitrogens with zero attached hydrogens (tertiary/aromatic N) is 1. The first-order valence-corrected chi connectivity index (χ1v) is 9.43. The van der Waals surface area contributed by atoms with E-state index in [0.717, 1.165) is 12.0 Å². The zero-order valence-corrected chi connectivity index (χ0v) is 14.1. The van der Waals surface area contributed by atoms with E-state index in [1.54, 1.807) is 28.6 Å². The Balaban J connectivity index is 1.95. The molecule has 0 aliphatic carbocycles. The van der Waals surface area contributed by atoms with Gasteiger partial charge in [0.05, 0.1) is 10.9 Å². The van der Waals surface area contributed by atoms with Crippen LogP contribution in [-0.4, -0.2) is 32.4 Å². The van der Waals surface area contributed by atoms with Gasteiger partial charge in [-0.25, -0.2) is 8.42 Å². The molecule has 2 aromatic rings. The molecule has 1 N–H and O–H groups in total. The first-order valence-electron chi connectivity index (χ1n) is 7.99. The van der Waals surface area contributed by atoms with Crippen LogP contribution in [-0.2, 0) is 16.4 Å². The maximum absolute atomic E-state index is 13.0. The number of rotatable bonds is 4. The molecule has 0 amide bonds. The van der Waals surface area contributed by atoms with E-state index in [-0.39, 0.29) is 6.04 Å². The smallest absolute Gasteiger partial charge is 0.243 e. The summed E-state index contributed by atoms with van der Waals surface area (Å²) in [6.07, 6.45) is 0.981. The van der Waals surface area contributed by atoms with Crippen LogP contribution < -0.4 is 5.32 Å². The molecule has 1 unspecified atom stereocenters. The topological polar surface area (TPSA) is 49.4 Å². The fraction of sp³-hybridized carbons (Fsp3) is 0.333. The van der Waals surface area contributed by atoms with Crippen LogP contribution in [0.5, 0.6) is 0 Å². The first kappa shape index (κ1) is 16.2. The van der Waals surface area contributed by atoms with Crippen molar-refractivity contribution in [2.75, 3.05) is 19.6 Å². The summed E-state index contributed by atoms with van der Waals surface area (Å²) in [6.45, 7) is 3.91. The van der Waals surface area contributed by atoms with Crippen LogP contribution in [0.2, 0.25) is 0 Å². The fourth-order valence-electron chi connectivity index (χ4n) is 2.96. The van der Waals surface area contributed by atoms with E-state index < -0.39 is 10.0 Å². The summed E-state index contributed by atoms with van der Waals surface area (Å²) >= 11 is 0. The lowest BCUT2D eigenvalue weighted by Crippen LogP contribution is -2.48. The second-order valence-electron chi connectivity index (χ2n) is 5.74.